The van der Waals surface area contributed by atoms with Gasteiger partial charge in [-0.25, -0.2) is 8.42 Å². The van der Waals surface area contributed by atoms with Crippen molar-refractivity contribution in [3.63, 3.8) is 0 Å². The average molecular weight is 427 g/mol. The zero-order valence-electron chi connectivity index (χ0n) is 16.2. The van der Waals surface area contributed by atoms with Gasteiger partial charge in [-0.1, -0.05) is 42.5 Å². The van der Waals surface area contributed by atoms with Gasteiger partial charge in [0.2, 0.25) is 5.91 Å². The third-order valence-corrected chi connectivity index (χ3v) is 6.83. The van der Waals surface area contributed by atoms with Crippen LogP contribution in [-0.2, 0) is 14.8 Å². The van der Waals surface area contributed by atoms with E-state index in [1.807, 2.05) is 38.1 Å². The molecule has 0 unspecified atom stereocenters. The number of amides is 1. The van der Waals surface area contributed by atoms with Gasteiger partial charge in [0, 0.05) is 10.6 Å². The van der Waals surface area contributed by atoms with Crippen molar-refractivity contribution in [2.24, 2.45) is 0 Å². The normalized spacial score (nSPS) is 11.1. The molecular weight excluding hydrogens is 404 g/mol. The lowest BCUT2D eigenvalue weighted by Gasteiger charge is -2.13. The van der Waals surface area contributed by atoms with E-state index in [1.165, 1.54) is 23.9 Å². The maximum atomic E-state index is 12.6. The Morgan fingerprint density at radius 3 is 2.31 bits per heavy atom. The number of nitrogens with one attached hydrogen (secondary N) is 2. The standard InChI is InChI=1S/C22H22N2O3S2/c1-16-12-13-18(23-22(25)15-28-21-11-7-6-8-17(21)2)14-20(16)24-29(26,27)19-9-4-3-5-10-19/h3-14,24H,15H2,1-2H3,(H,23,25). The van der Waals surface area contributed by atoms with Gasteiger partial charge in [0.15, 0.2) is 0 Å². The minimum atomic E-state index is -3.70. The summed E-state index contributed by atoms with van der Waals surface area (Å²) in [5.74, 6) is 0.114. The molecule has 29 heavy (non-hydrogen) atoms. The summed E-state index contributed by atoms with van der Waals surface area (Å²) in [5, 5.41) is 2.83. The summed E-state index contributed by atoms with van der Waals surface area (Å²) in [4.78, 5) is 13.6. The number of benzene rings is 3. The van der Waals surface area contributed by atoms with E-state index in [1.54, 1.807) is 36.4 Å². The van der Waals surface area contributed by atoms with Crippen LogP contribution in [0.5, 0.6) is 0 Å². The van der Waals surface area contributed by atoms with Gasteiger partial charge in [-0.3, -0.25) is 9.52 Å². The second-order valence-electron chi connectivity index (χ2n) is 6.55. The number of sulfonamides is 1. The van der Waals surface area contributed by atoms with Crippen LogP contribution in [-0.4, -0.2) is 20.1 Å². The molecule has 150 valence electrons. The molecule has 0 spiro atoms. The Morgan fingerprint density at radius 2 is 1.59 bits per heavy atom. The average Bonchev–Trinajstić information content (AvgIpc) is 2.70. The fourth-order valence-corrected chi connectivity index (χ4v) is 4.64. The maximum Gasteiger partial charge on any atom is 0.261 e. The number of carbonyl (C=O) groups excluding carboxylic acids is 1. The summed E-state index contributed by atoms with van der Waals surface area (Å²) in [6, 6.07) is 21.2. The number of hydrogen-bond acceptors (Lipinski definition) is 4. The Balaban J connectivity index is 1.69. The SMILES string of the molecule is Cc1ccc(NC(=O)CSc2ccccc2C)cc1NS(=O)(=O)c1ccccc1. The third kappa shape index (κ3) is 5.62. The number of carbonyl (C=O) groups is 1. The molecular formula is C22H22N2O3S2. The molecule has 0 fully saturated rings. The lowest BCUT2D eigenvalue weighted by Crippen LogP contribution is -2.16. The van der Waals surface area contributed by atoms with E-state index in [9.17, 15) is 13.2 Å². The summed E-state index contributed by atoms with van der Waals surface area (Å²) in [5.41, 5.74) is 2.85. The molecule has 0 heterocycles. The Labute approximate surface area is 175 Å². The lowest BCUT2D eigenvalue weighted by molar-refractivity contribution is -0.113. The minimum Gasteiger partial charge on any atom is -0.325 e. The van der Waals surface area contributed by atoms with Crippen LogP contribution in [0.2, 0.25) is 0 Å². The molecule has 0 aliphatic carbocycles. The van der Waals surface area contributed by atoms with Crippen LogP contribution in [0.3, 0.4) is 0 Å². The van der Waals surface area contributed by atoms with Gasteiger partial charge >= 0.3 is 0 Å². The highest BCUT2D eigenvalue weighted by atomic mass is 32.2. The number of thioether (sulfide) groups is 1. The van der Waals surface area contributed by atoms with E-state index < -0.39 is 10.0 Å². The second kappa shape index (κ2) is 9.15. The first kappa shape index (κ1) is 21.0. The number of anilines is 2. The van der Waals surface area contributed by atoms with Gasteiger partial charge in [0.25, 0.3) is 10.0 Å². The minimum absolute atomic E-state index is 0.154. The van der Waals surface area contributed by atoms with Crippen LogP contribution < -0.4 is 10.0 Å². The molecule has 0 saturated heterocycles. The monoisotopic (exact) mass is 426 g/mol. The van der Waals surface area contributed by atoms with Gasteiger partial charge in [-0.2, -0.15) is 0 Å². The quantitative estimate of drug-likeness (QED) is 0.531. The number of rotatable bonds is 7. The Kier molecular flexibility index (Phi) is 6.61. The van der Waals surface area contributed by atoms with Gasteiger partial charge in [-0.15, -0.1) is 11.8 Å². The van der Waals surface area contributed by atoms with E-state index in [2.05, 4.69) is 10.0 Å². The summed E-state index contributed by atoms with van der Waals surface area (Å²) >= 11 is 1.47. The first-order valence-corrected chi connectivity index (χ1v) is 11.5. The summed E-state index contributed by atoms with van der Waals surface area (Å²) in [6.45, 7) is 3.81. The Bertz CT molecular complexity index is 1110. The molecule has 3 rings (SSSR count). The zero-order chi connectivity index (χ0) is 20.9. The van der Waals surface area contributed by atoms with Crippen molar-refractivity contribution in [1.29, 1.82) is 0 Å². The van der Waals surface area contributed by atoms with Gasteiger partial charge in [0.1, 0.15) is 0 Å². The van der Waals surface area contributed by atoms with E-state index >= 15 is 0 Å². The van der Waals surface area contributed by atoms with Crippen LogP contribution in [0.1, 0.15) is 11.1 Å². The van der Waals surface area contributed by atoms with Gasteiger partial charge < -0.3 is 5.32 Å². The predicted octanol–water partition coefficient (Wildman–Crippen LogP) is 4.84. The molecule has 0 radical (unpaired) electrons. The highest BCUT2D eigenvalue weighted by Gasteiger charge is 2.15. The summed E-state index contributed by atoms with van der Waals surface area (Å²) in [6.07, 6.45) is 0. The molecule has 7 heteroatoms. The smallest absolute Gasteiger partial charge is 0.261 e. The highest BCUT2D eigenvalue weighted by molar-refractivity contribution is 8.00. The molecule has 3 aromatic rings. The lowest BCUT2D eigenvalue weighted by atomic mass is 10.2. The molecule has 0 saturated carbocycles. The van der Waals surface area contributed by atoms with Crippen LogP contribution in [0.25, 0.3) is 0 Å². The molecule has 0 bridgehead atoms. The molecule has 5 nitrogen and oxygen atoms in total. The summed E-state index contributed by atoms with van der Waals surface area (Å²) < 4.78 is 27.8. The largest absolute Gasteiger partial charge is 0.325 e. The molecule has 1 amide bonds. The molecule has 3 aromatic carbocycles. The van der Waals surface area contributed by atoms with Crippen molar-refractivity contribution in [2.75, 3.05) is 15.8 Å². The molecule has 0 aliphatic heterocycles. The van der Waals surface area contributed by atoms with Gasteiger partial charge in [0.05, 0.1) is 16.3 Å². The Morgan fingerprint density at radius 1 is 0.897 bits per heavy atom. The molecule has 0 atom stereocenters. The first-order valence-electron chi connectivity index (χ1n) is 9.02. The second-order valence-corrected chi connectivity index (χ2v) is 9.25. The molecule has 0 aliphatic rings. The van der Waals surface area contributed by atoms with Gasteiger partial charge in [-0.05, 0) is 55.3 Å². The fourth-order valence-electron chi connectivity index (χ4n) is 2.67. The van der Waals surface area contributed by atoms with E-state index in [0.29, 0.717) is 11.4 Å². The van der Waals surface area contributed by atoms with E-state index in [-0.39, 0.29) is 16.6 Å². The predicted molar refractivity (Wildman–Crippen MR) is 119 cm³/mol. The van der Waals surface area contributed by atoms with E-state index in [0.717, 1.165) is 16.0 Å². The van der Waals surface area contributed by atoms with Crippen LogP contribution in [0.15, 0.2) is 82.6 Å². The highest BCUT2D eigenvalue weighted by Crippen LogP contribution is 2.25. The van der Waals surface area contributed by atoms with Crippen LogP contribution >= 0.6 is 11.8 Å². The van der Waals surface area contributed by atoms with Crippen molar-refractivity contribution >= 4 is 39.1 Å². The zero-order valence-corrected chi connectivity index (χ0v) is 17.8. The van der Waals surface area contributed by atoms with E-state index in [4.69, 9.17) is 0 Å². The fraction of sp³-hybridized carbons (Fsp3) is 0.136. The first-order chi connectivity index (χ1) is 13.8. The molecule has 0 aromatic heterocycles. The summed E-state index contributed by atoms with van der Waals surface area (Å²) in [7, 11) is -3.70. The van der Waals surface area contributed by atoms with Crippen molar-refractivity contribution in [3.05, 3.63) is 83.9 Å². The van der Waals surface area contributed by atoms with Crippen molar-refractivity contribution in [1.82, 2.24) is 0 Å². The topological polar surface area (TPSA) is 75.3 Å². The van der Waals surface area contributed by atoms with Crippen LogP contribution in [0, 0.1) is 13.8 Å². The Hall–Kier alpha value is -2.77. The number of aryl methyl sites for hydroxylation is 2. The number of hydrogen-bond donors (Lipinski definition) is 2. The third-order valence-electron chi connectivity index (χ3n) is 4.27. The van der Waals surface area contributed by atoms with Crippen molar-refractivity contribution in [2.45, 2.75) is 23.6 Å². The maximum absolute atomic E-state index is 12.6. The van der Waals surface area contributed by atoms with Crippen molar-refractivity contribution < 1.29 is 13.2 Å². The van der Waals surface area contributed by atoms with Crippen LogP contribution in [0.4, 0.5) is 11.4 Å². The van der Waals surface area contributed by atoms with Crippen molar-refractivity contribution in [3.8, 4) is 0 Å². The molecule has 2 N–H and O–H groups in total.